The summed E-state index contributed by atoms with van der Waals surface area (Å²) in [5.74, 6) is -3.87. The number of benzene rings is 2. The summed E-state index contributed by atoms with van der Waals surface area (Å²) >= 11 is 2.11. The molecule has 0 spiro atoms. The van der Waals surface area contributed by atoms with Crippen LogP contribution in [0.1, 0.15) is 28.8 Å². The predicted octanol–water partition coefficient (Wildman–Crippen LogP) is 4.89. The summed E-state index contributed by atoms with van der Waals surface area (Å²) in [5, 5.41) is 2.74. The van der Waals surface area contributed by atoms with Gasteiger partial charge in [0.05, 0.1) is 17.9 Å². The number of aromatic nitrogens is 1. The number of rotatable bonds is 9. The zero-order chi connectivity index (χ0) is 25.2. The summed E-state index contributed by atoms with van der Waals surface area (Å²) in [6, 6.07) is 10.4. The highest BCUT2D eigenvalue weighted by Crippen LogP contribution is 2.33. The van der Waals surface area contributed by atoms with Gasteiger partial charge in [-0.25, -0.2) is 27.7 Å². The van der Waals surface area contributed by atoms with E-state index in [1.165, 1.54) is 18.3 Å². The maximum atomic E-state index is 15.3. The first-order valence-corrected chi connectivity index (χ1v) is 13.1. The van der Waals surface area contributed by atoms with Crippen LogP contribution in [0.15, 0.2) is 53.6 Å². The number of aryl methyl sites for hydroxylation is 1. The first kappa shape index (κ1) is 25.3. The van der Waals surface area contributed by atoms with Gasteiger partial charge < -0.3 is 5.32 Å². The second-order valence-electron chi connectivity index (χ2n) is 8.02. The monoisotopic (exact) mass is 614 g/mol. The fourth-order valence-corrected chi connectivity index (χ4v) is 4.93. The Labute approximate surface area is 214 Å². The summed E-state index contributed by atoms with van der Waals surface area (Å²) < 4.78 is 59.2. The van der Waals surface area contributed by atoms with Crippen molar-refractivity contribution in [3.8, 4) is 0 Å². The molecule has 1 heterocycles. The molecule has 0 radical (unpaired) electrons. The fourth-order valence-electron chi connectivity index (χ4n) is 3.18. The van der Waals surface area contributed by atoms with Crippen molar-refractivity contribution in [3.63, 3.8) is 0 Å². The molecule has 0 unspecified atom stereocenters. The molecule has 1 aliphatic rings. The van der Waals surface area contributed by atoms with Crippen LogP contribution in [-0.4, -0.2) is 25.9 Å². The Kier molecular flexibility index (Phi) is 7.52. The average Bonchev–Trinajstić information content (AvgIpc) is 3.63. The van der Waals surface area contributed by atoms with Crippen LogP contribution in [0.2, 0.25) is 0 Å². The number of sulfonamides is 1. The van der Waals surface area contributed by atoms with Crippen LogP contribution < -0.4 is 15.5 Å². The second-order valence-corrected chi connectivity index (χ2v) is 10.9. The lowest BCUT2D eigenvalue weighted by atomic mass is 10.1. The lowest BCUT2D eigenvalue weighted by molar-refractivity contribution is 0.0270. The summed E-state index contributed by atoms with van der Waals surface area (Å²) in [6.07, 6.45) is 3.28. The number of hydroxylamine groups is 1. The Morgan fingerprint density at radius 3 is 2.60 bits per heavy atom. The zero-order valence-electron chi connectivity index (χ0n) is 18.4. The van der Waals surface area contributed by atoms with Gasteiger partial charge in [0.15, 0.2) is 11.6 Å². The van der Waals surface area contributed by atoms with E-state index in [4.69, 9.17) is 4.84 Å². The van der Waals surface area contributed by atoms with Crippen molar-refractivity contribution < 1.29 is 26.8 Å². The number of anilines is 3. The molecule has 3 aromatic rings. The molecule has 1 fully saturated rings. The molecule has 12 heteroatoms. The quantitative estimate of drug-likeness (QED) is 0.234. The normalized spacial score (nSPS) is 13.4. The third kappa shape index (κ3) is 6.05. The average molecular weight is 614 g/mol. The standard InChI is InChI=1S/C23H21F2IN4O4S/c1-13-10-15(26)7-8-17(13)28-22-16(23(31)29-34-12-14-5-6-14)11-18(20(24)21(22)25)35(32,33)30-19-4-2-3-9-27-19/h2-4,7-11,14,28H,5-6,12H2,1H3,(H,27,30)(H,29,31). The molecule has 0 saturated heterocycles. The van der Waals surface area contributed by atoms with Crippen molar-refractivity contribution >= 4 is 55.7 Å². The van der Waals surface area contributed by atoms with E-state index in [0.717, 1.165) is 22.5 Å². The number of carbonyl (C=O) groups excluding carboxylic acids is 1. The molecule has 184 valence electrons. The van der Waals surface area contributed by atoms with Gasteiger partial charge in [-0.15, -0.1) is 0 Å². The molecule has 2 aromatic carbocycles. The molecular formula is C23H21F2IN4O4S. The number of nitrogens with zero attached hydrogens (tertiary/aromatic N) is 1. The number of pyridine rings is 1. The molecule has 1 aromatic heterocycles. The van der Waals surface area contributed by atoms with Gasteiger partial charge in [-0.1, -0.05) is 6.07 Å². The SMILES string of the molecule is Cc1cc(I)ccc1Nc1c(C(=O)NOCC2CC2)cc(S(=O)(=O)Nc2ccccn2)c(F)c1F. The molecule has 1 aliphatic carbocycles. The van der Waals surface area contributed by atoms with Gasteiger partial charge in [0.1, 0.15) is 10.7 Å². The third-order valence-corrected chi connectivity index (χ3v) is 7.27. The van der Waals surface area contributed by atoms with Crippen molar-refractivity contribution in [1.82, 2.24) is 10.5 Å². The van der Waals surface area contributed by atoms with E-state index in [-0.39, 0.29) is 12.4 Å². The lowest BCUT2D eigenvalue weighted by Gasteiger charge is -2.18. The van der Waals surface area contributed by atoms with Crippen molar-refractivity contribution in [2.45, 2.75) is 24.7 Å². The Bertz CT molecular complexity index is 1370. The third-order valence-electron chi connectivity index (χ3n) is 5.24. The largest absolute Gasteiger partial charge is 0.352 e. The minimum absolute atomic E-state index is 0.0946. The number of nitrogens with one attached hydrogen (secondary N) is 3. The lowest BCUT2D eigenvalue weighted by Crippen LogP contribution is -2.27. The Morgan fingerprint density at radius 1 is 1.17 bits per heavy atom. The number of halogens is 3. The minimum atomic E-state index is -4.63. The van der Waals surface area contributed by atoms with Crippen molar-refractivity contribution in [2.24, 2.45) is 5.92 Å². The number of amides is 1. The smallest absolute Gasteiger partial charge is 0.277 e. The molecule has 8 nitrogen and oxygen atoms in total. The van der Waals surface area contributed by atoms with Gasteiger partial charge in [0.2, 0.25) is 0 Å². The number of hydrogen-bond donors (Lipinski definition) is 3. The molecular weight excluding hydrogens is 593 g/mol. The van der Waals surface area contributed by atoms with Crippen molar-refractivity contribution in [2.75, 3.05) is 16.6 Å². The first-order chi connectivity index (χ1) is 16.7. The molecule has 0 bridgehead atoms. The summed E-state index contributed by atoms with van der Waals surface area (Å²) in [4.78, 5) is 20.9. The topological polar surface area (TPSA) is 109 Å². The molecule has 0 aliphatic heterocycles. The number of hydrogen-bond acceptors (Lipinski definition) is 6. The van der Waals surface area contributed by atoms with Crippen LogP contribution in [0.4, 0.5) is 26.0 Å². The van der Waals surface area contributed by atoms with Crippen molar-refractivity contribution in [1.29, 1.82) is 0 Å². The van der Waals surface area contributed by atoms with Crippen LogP contribution in [-0.2, 0) is 14.9 Å². The van der Waals surface area contributed by atoms with Crippen LogP contribution in [0.25, 0.3) is 0 Å². The van der Waals surface area contributed by atoms with E-state index >= 15 is 8.78 Å². The summed E-state index contributed by atoms with van der Waals surface area (Å²) in [5.41, 5.74) is 2.36. The highest BCUT2D eigenvalue weighted by Gasteiger charge is 2.30. The highest BCUT2D eigenvalue weighted by molar-refractivity contribution is 14.1. The molecule has 4 rings (SSSR count). The van der Waals surface area contributed by atoms with Crippen LogP contribution in [0.3, 0.4) is 0 Å². The highest BCUT2D eigenvalue weighted by atomic mass is 127. The van der Waals surface area contributed by atoms with Crippen molar-refractivity contribution in [3.05, 3.63) is 75.0 Å². The van der Waals surface area contributed by atoms with Crippen LogP contribution >= 0.6 is 22.6 Å². The van der Waals surface area contributed by atoms with E-state index in [1.54, 1.807) is 25.1 Å². The van der Waals surface area contributed by atoms with Crippen LogP contribution in [0.5, 0.6) is 0 Å². The molecule has 0 atom stereocenters. The Balaban J connectivity index is 1.75. The second kappa shape index (κ2) is 10.4. The summed E-state index contributed by atoms with van der Waals surface area (Å²) in [7, 11) is -4.63. The van der Waals surface area contributed by atoms with Gasteiger partial charge in [-0.2, -0.15) is 0 Å². The van der Waals surface area contributed by atoms with E-state index in [2.05, 4.69) is 43.1 Å². The predicted molar refractivity (Wildman–Crippen MR) is 135 cm³/mol. The van der Waals surface area contributed by atoms with E-state index < -0.39 is 43.7 Å². The molecule has 3 N–H and O–H groups in total. The van der Waals surface area contributed by atoms with Crippen LogP contribution in [0, 0.1) is 28.0 Å². The van der Waals surface area contributed by atoms with Gasteiger partial charge in [-0.3, -0.25) is 14.4 Å². The molecule has 1 amide bonds. The number of carbonyl (C=O) groups is 1. The summed E-state index contributed by atoms with van der Waals surface area (Å²) in [6.45, 7) is 2.02. The van der Waals surface area contributed by atoms with E-state index in [0.29, 0.717) is 17.2 Å². The van der Waals surface area contributed by atoms with Gasteiger partial charge in [-0.05, 0) is 90.2 Å². The molecule has 35 heavy (non-hydrogen) atoms. The molecule has 1 saturated carbocycles. The van der Waals surface area contributed by atoms with Gasteiger partial charge in [0, 0.05) is 15.5 Å². The maximum absolute atomic E-state index is 15.3. The fraction of sp³-hybridized carbons (Fsp3) is 0.217. The Morgan fingerprint density at radius 2 is 1.94 bits per heavy atom. The minimum Gasteiger partial charge on any atom is -0.352 e. The van der Waals surface area contributed by atoms with Gasteiger partial charge >= 0.3 is 0 Å². The Hall–Kier alpha value is -2.84. The van der Waals surface area contributed by atoms with E-state index in [1.807, 2.05) is 6.07 Å². The zero-order valence-corrected chi connectivity index (χ0v) is 21.4. The first-order valence-electron chi connectivity index (χ1n) is 10.6. The van der Waals surface area contributed by atoms with Gasteiger partial charge in [0.25, 0.3) is 15.9 Å². The van der Waals surface area contributed by atoms with E-state index in [9.17, 15) is 13.2 Å². The maximum Gasteiger partial charge on any atom is 0.277 e.